The summed E-state index contributed by atoms with van der Waals surface area (Å²) in [5.41, 5.74) is 7.54. The zero-order valence-corrected chi connectivity index (χ0v) is 12.3. The molecule has 0 saturated carbocycles. The number of amides is 1. The second-order valence-electron chi connectivity index (χ2n) is 3.87. The number of aryl methyl sites for hydroxylation is 1. The van der Waals surface area contributed by atoms with Crippen LogP contribution in [0.2, 0.25) is 0 Å². The van der Waals surface area contributed by atoms with Crippen molar-refractivity contribution in [3.8, 4) is 11.3 Å². The van der Waals surface area contributed by atoms with E-state index in [0.29, 0.717) is 18.8 Å². The van der Waals surface area contributed by atoms with Crippen LogP contribution in [0, 0.1) is 6.92 Å². The van der Waals surface area contributed by atoms with E-state index in [9.17, 15) is 4.79 Å². The van der Waals surface area contributed by atoms with E-state index < -0.39 is 0 Å². The average molecular weight is 297 g/mol. The van der Waals surface area contributed by atoms with Crippen LogP contribution in [0.1, 0.15) is 11.4 Å². The van der Waals surface area contributed by atoms with E-state index in [1.165, 1.54) is 11.5 Å². The molecule has 1 amide bonds. The normalized spacial score (nSPS) is 10.4. The van der Waals surface area contributed by atoms with E-state index in [0.717, 1.165) is 21.3 Å². The molecule has 2 heterocycles. The third-order valence-electron chi connectivity index (χ3n) is 2.51. The van der Waals surface area contributed by atoms with Gasteiger partial charge in [-0.15, -0.1) is 11.3 Å². The monoisotopic (exact) mass is 297 g/mol. The summed E-state index contributed by atoms with van der Waals surface area (Å²) in [4.78, 5) is 15.6. The molecule has 0 aromatic carbocycles. The molecule has 0 unspecified atom stereocenters. The van der Waals surface area contributed by atoms with Gasteiger partial charge in [0, 0.05) is 25.4 Å². The van der Waals surface area contributed by atoms with Crippen LogP contribution in [0.25, 0.3) is 11.3 Å². The number of nitrogens with two attached hydrogens (primary N) is 1. The first kappa shape index (κ1) is 13.8. The first-order valence-corrected chi connectivity index (χ1v) is 7.39. The minimum Gasteiger partial charge on any atom is -0.382 e. The average Bonchev–Trinajstić information content (AvgIpc) is 2.95. The zero-order valence-electron chi connectivity index (χ0n) is 10.7. The van der Waals surface area contributed by atoms with E-state index in [2.05, 4.69) is 20.0 Å². The molecule has 0 bridgehead atoms. The second kappa shape index (κ2) is 5.98. The Morgan fingerprint density at radius 3 is 2.95 bits per heavy atom. The summed E-state index contributed by atoms with van der Waals surface area (Å²) in [7, 11) is 1.62. The van der Waals surface area contributed by atoms with Crippen LogP contribution in [0.3, 0.4) is 0 Å². The van der Waals surface area contributed by atoms with Gasteiger partial charge in [0.2, 0.25) is 5.91 Å². The number of hydrogen-bond acceptors (Lipinski definition) is 7. The Bertz CT molecular complexity index is 577. The molecule has 2 aromatic heterocycles. The van der Waals surface area contributed by atoms with Crippen molar-refractivity contribution in [2.24, 2.45) is 0 Å². The highest BCUT2D eigenvalue weighted by Crippen LogP contribution is 2.36. The number of rotatable bonds is 5. The Morgan fingerprint density at radius 1 is 1.53 bits per heavy atom. The lowest BCUT2D eigenvalue weighted by Crippen LogP contribution is -2.20. The minimum atomic E-state index is -0.00367. The van der Waals surface area contributed by atoms with E-state index in [1.807, 2.05) is 12.3 Å². The summed E-state index contributed by atoms with van der Waals surface area (Å²) in [5.74, 6) is 0.466. The topological polar surface area (TPSA) is 92.9 Å². The number of nitrogens with zero attached hydrogens (tertiary/aromatic N) is 2. The molecule has 0 radical (unpaired) electrons. The molecule has 0 spiro atoms. The van der Waals surface area contributed by atoms with Crippen LogP contribution >= 0.6 is 22.9 Å². The van der Waals surface area contributed by atoms with Crippen LogP contribution in [-0.2, 0) is 4.79 Å². The summed E-state index contributed by atoms with van der Waals surface area (Å²) in [6, 6.07) is 0. The number of hydrogen-bond donors (Lipinski definition) is 3. The summed E-state index contributed by atoms with van der Waals surface area (Å²) in [5, 5.41) is 9.56. The lowest BCUT2D eigenvalue weighted by Gasteiger charge is -2.05. The molecule has 19 heavy (non-hydrogen) atoms. The fraction of sp³-hybridized carbons (Fsp3) is 0.364. The highest BCUT2D eigenvalue weighted by Gasteiger charge is 2.16. The molecule has 2 aromatic rings. The molecule has 6 nitrogen and oxygen atoms in total. The van der Waals surface area contributed by atoms with Crippen LogP contribution < -0.4 is 16.4 Å². The van der Waals surface area contributed by atoms with Crippen molar-refractivity contribution in [1.29, 1.82) is 0 Å². The number of aromatic nitrogens is 2. The van der Waals surface area contributed by atoms with Gasteiger partial charge in [-0.1, -0.05) is 0 Å². The smallest absolute Gasteiger partial charge is 0.221 e. The van der Waals surface area contributed by atoms with Gasteiger partial charge in [0.1, 0.15) is 10.8 Å². The quantitative estimate of drug-likeness (QED) is 0.781. The Kier molecular flexibility index (Phi) is 4.33. The molecule has 2 rings (SSSR count). The van der Waals surface area contributed by atoms with Crippen molar-refractivity contribution in [3.63, 3.8) is 0 Å². The standard InChI is InChI=1S/C11H15N5OS2/c1-6-15-7(5-18-6)9-10(12)16-19-11(9)14-4-3-8(17)13-2/h5,14H,3-4H2,1-2H3,(H2,12,16)(H,13,17). The number of nitrogen functional groups attached to an aromatic ring is 1. The maximum absolute atomic E-state index is 11.2. The Morgan fingerprint density at radius 2 is 2.32 bits per heavy atom. The van der Waals surface area contributed by atoms with Gasteiger partial charge in [0.25, 0.3) is 0 Å². The predicted octanol–water partition coefficient (Wildman–Crippen LogP) is 1.71. The molecular weight excluding hydrogens is 282 g/mol. The Labute approximate surface area is 119 Å². The number of carbonyl (C=O) groups is 1. The molecule has 8 heteroatoms. The van der Waals surface area contributed by atoms with Crippen LogP contribution in [0.5, 0.6) is 0 Å². The van der Waals surface area contributed by atoms with Gasteiger partial charge in [-0.05, 0) is 18.5 Å². The molecule has 0 saturated heterocycles. The Balaban J connectivity index is 2.12. The SMILES string of the molecule is CNC(=O)CCNc1snc(N)c1-c1csc(C)n1. The summed E-state index contributed by atoms with van der Waals surface area (Å²) in [6.07, 6.45) is 0.407. The lowest BCUT2D eigenvalue weighted by molar-refractivity contribution is -0.120. The maximum atomic E-state index is 11.2. The van der Waals surface area contributed by atoms with Crippen LogP contribution in [-0.4, -0.2) is 28.9 Å². The second-order valence-corrected chi connectivity index (χ2v) is 5.71. The third-order valence-corrected chi connectivity index (χ3v) is 4.10. The largest absolute Gasteiger partial charge is 0.382 e. The maximum Gasteiger partial charge on any atom is 0.221 e. The summed E-state index contributed by atoms with van der Waals surface area (Å²) >= 11 is 2.86. The van der Waals surface area contributed by atoms with Gasteiger partial charge in [0.05, 0.1) is 16.3 Å². The number of anilines is 2. The highest BCUT2D eigenvalue weighted by molar-refractivity contribution is 7.11. The molecule has 0 atom stereocenters. The fourth-order valence-electron chi connectivity index (χ4n) is 1.56. The number of carbonyl (C=O) groups excluding carboxylic acids is 1. The van der Waals surface area contributed by atoms with Gasteiger partial charge >= 0.3 is 0 Å². The van der Waals surface area contributed by atoms with E-state index in [4.69, 9.17) is 5.73 Å². The summed E-state index contributed by atoms with van der Waals surface area (Å²) in [6.45, 7) is 2.49. The predicted molar refractivity (Wildman–Crippen MR) is 79.5 cm³/mol. The van der Waals surface area contributed by atoms with Gasteiger partial charge in [-0.25, -0.2) is 4.98 Å². The van der Waals surface area contributed by atoms with Crippen molar-refractivity contribution in [2.45, 2.75) is 13.3 Å². The molecule has 0 aliphatic carbocycles. The van der Waals surface area contributed by atoms with E-state index >= 15 is 0 Å². The molecule has 0 fully saturated rings. The van der Waals surface area contributed by atoms with Crippen molar-refractivity contribution in [2.75, 3.05) is 24.6 Å². The van der Waals surface area contributed by atoms with Crippen molar-refractivity contribution in [1.82, 2.24) is 14.7 Å². The van der Waals surface area contributed by atoms with E-state index in [1.54, 1.807) is 18.4 Å². The fourth-order valence-corrected chi connectivity index (χ4v) is 2.92. The first-order chi connectivity index (χ1) is 9.11. The van der Waals surface area contributed by atoms with E-state index in [-0.39, 0.29) is 5.91 Å². The molecule has 102 valence electrons. The van der Waals surface area contributed by atoms with Crippen molar-refractivity contribution in [3.05, 3.63) is 10.4 Å². The van der Waals surface area contributed by atoms with Gasteiger partial charge < -0.3 is 16.4 Å². The van der Waals surface area contributed by atoms with Crippen molar-refractivity contribution < 1.29 is 4.79 Å². The lowest BCUT2D eigenvalue weighted by atomic mass is 10.2. The molecule has 4 N–H and O–H groups in total. The molecule has 0 aliphatic heterocycles. The zero-order chi connectivity index (χ0) is 13.8. The van der Waals surface area contributed by atoms with Crippen LogP contribution in [0.4, 0.5) is 10.8 Å². The first-order valence-electron chi connectivity index (χ1n) is 5.74. The minimum absolute atomic E-state index is 0.00367. The summed E-state index contributed by atoms with van der Waals surface area (Å²) < 4.78 is 4.14. The van der Waals surface area contributed by atoms with Gasteiger partial charge in [-0.3, -0.25) is 4.79 Å². The highest BCUT2D eigenvalue weighted by atomic mass is 32.1. The third kappa shape index (κ3) is 3.21. The Hall–Kier alpha value is -1.67. The van der Waals surface area contributed by atoms with Crippen molar-refractivity contribution >= 4 is 39.6 Å². The van der Waals surface area contributed by atoms with Gasteiger partial charge in [-0.2, -0.15) is 4.37 Å². The van der Waals surface area contributed by atoms with Crippen LogP contribution in [0.15, 0.2) is 5.38 Å². The van der Waals surface area contributed by atoms with Gasteiger partial charge in [0.15, 0.2) is 0 Å². The number of thiazole rings is 1. The number of nitrogens with one attached hydrogen (secondary N) is 2. The molecular formula is C11H15N5OS2. The molecule has 0 aliphatic rings.